The number of rotatable bonds is 7. The molecule has 3 heterocycles. The smallest absolute Gasteiger partial charge is 0.261 e. The minimum absolute atomic E-state index is 0.0495. The number of amides is 1. The zero-order valence-corrected chi connectivity index (χ0v) is 24.1. The van der Waals surface area contributed by atoms with Crippen LogP contribution in [0.4, 0.5) is 5.69 Å². The fourth-order valence-electron chi connectivity index (χ4n) is 5.83. The maximum Gasteiger partial charge on any atom is 0.261 e. The fourth-order valence-corrected chi connectivity index (χ4v) is 5.83. The number of hydrogen-bond acceptors (Lipinski definition) is 4. The molecule has 0 bridgehead atoms. The number of carbonyl (C=O) groups excluding carboxylic acids is 1. The van der Waals surface area contributed by atoms with E-state index in [-0.39, 0.29) is 12.1 Å². The molecule has 0 aliphatic carbocycles. The average molecular weight is 549 g/mol. The summed E-state index contributed by atoms with van der Waals surface area (Å²) in [7, 11) is 3.67. The van der Waals surface area contributed by atoms with Crippen molar-refractivity contribution in [2.24, 2.45) is 7.05 Å². The minimum atomic E-state index is -0.0512. The van der Waals surface area contributed by atoms with Gasteiger partial charge in [-0.15, -0.1) is 0 Å². The van der Waals surface area contributed by atoms with Crippen molar-refractivity contribution < 1.29 is 14.3 Å². The van der Waals surface area contributed by atoms with E-state index in [1.165, 1.54) is 0 Å². The lowest BCUT2D eigenvalue weighted by Crippen LogP contribution is -2.31. The summed E-state index contributed by atoms with van der Waals surface area (Å²) < 4.78 is 15.6. The van der Waals surface area contributed by atoms with E-state index >= 15 is 0 Å². The number of aromatic nitrogens is 3. The second kappa shape index (κ2) is 11.3. The van der Waals surface area contributed by atoms with Crippen LogP contribution in [0, 0.1) is 13.8 Å². The topological polar surface area (TPSA) is 61.5 Å². The summed E-state index contributed by atoms with van der Waals surface area (Å²) in [6.45, 7) is 5.20. The Kier molecular flexibility index (Phi) is 7.37. The third-order valence-corrected chi connectivity index (χ3v) is 8.29. The van der Waals surface area contributed by atoms with Gasteiger partial charge in [-0.3, -0.25) is 4.79 Å². The van der Waals surface area contributed by atoms with Gasteiger partial charge in [0.05, 0.1) is 30.9 Å². The predicted octanol–water partition coefficient (Wildman–Crippen LogP) is 7.21. The largest absolute Gasteiger partial charge is 0.496 e. The molecule has 1 unspecified atom stereocenters. The van der Waals surface area contributed by atoms with E-state index in [0.29, 0.717) is 12.1 Å². The number of nitrogens with zero attached hydrogens (tertiary/aromatic N) is 4. The molecule has 6 rings (SSSR count). The molecule has 1 aliphatic heterocycles. The van der Waals surface area contributed by atoms with Gasteiger partial charge in [0, 0.05) is 42.2 Å². The molecule has 1 saturated heterocycles. The molecule has 2 aromatic heterocycles. The van der Waals surface area contributed by atoms with Gasteiger partial charge in [0.25, 0.3) is 5.91 Å². The maximum atomic E-state index is 14.7. The first-order chi connectivity index (χ1) is 20.0. The van der Waals surface area contributed by atoms with Crippen LogP contribution in [0.3, 0.4) is 0 Å². The van der Waals surface area contributed by atoms with Crippen LogP contribution < -0.4 is 9.64 Å². The highest BCUT2D eigenvalue weighted by atomic mass is 16.5. The Morgan fingerprint density at radius 3 is 2.66 bits per heavy atom. The number of ether oxygens (including phenoxy) is 2. The first-order valence-electron chi connectivity index (χ1n) is 14.2. The van der Waals surface area contributed by atoms with Gasteiger partial charge in [-0.2, -0.15) is 5.10 Å². The highest BCUT2D eigenvalue weighted by molar-refractivity contribution is 6.11. The van der Waals surface area contributed by atoms with Crippen LogP contribution in [0.2, 0.25) is 0 Å². The molecule has 210 valence electrons. The van der Waals surface area contributed by atoms with E-state index in [1.807, 2.05) is 83.8 Å². The lowest BCUT2D eigenvalue weighted by molar-refractivity contribution is -0.0366. The van der Waals surface area contributed by atoms with Crippen molar-refractivity contribution in [3.8, 4) is 16.9 Å². The second-order valence-electron chi connectivity index (χ2n) is 10.8. The van der Waals surface area contributed by atoms with Crippen LogP contribution in [0.5, 0.6) is 5.75 Å². The lowest BCUT2D eigenvalue weighted by Gasteiger charge is -2.26. The summed E-state index contributed by atoms with van der Waals surface area (Å²) in [5.41, 5.74) is 7.42. The van der Waals surface area contributed by atoms with Crippen LogP contribution in [0.1, 0.15) is 52.7 Å². The predicted molar refractivity (Wildman–Crippen MR) is 162 cm³/mol. The van der Waals surface area contributed by atoms with Crippen molar-refractivity contribution in [2.45, 2.75) is 45.9 Å². The van der Waals surface area contributed by atoms with E-state index in [2.05, 4.69) is 35.4 Å². The molecule has 7 heteroatoms. The Morgan fingerprint density at radius 1 is 1.07 bits per heavy atom. The van der Waals surface area contributed by atoms with Gasteiger partial charge in [-0.1, -0.05) is 42.5 Å². The first kappa shape index (κ1) is 26.8. The Balaban J connectivity index is 1.46. The number of methoxy groups -OCH3 is 1. The average Bonchev–Trinajstić information content (AvgIpc) is 3.57. The third kappa shape index (κ3) is 5.02. The monoisotopic (exact) mass is 548 g/mol. The molecular weight excluding hydrogens is 512 g/mol. The summed E-state index contributed by atoms with van der Waals surface area (Å²) in [6.07, 6.45) is 7.04. The van der Waals surface area contributed by atoms with E-state index < -0.39 is 0 Å². The van der Waals surface area contributed by atoms with Crippen molar-refractivity contribution in [1.29, 1.82) is 0 Å². The normalized spacial score (nSPS) is 15.3. The molecule has 1 fully saturated rings. The summed E-state index contributed by atoms with van der Waals surface area (Å²) in [5, 5.41) is 5.66. The SMILES string of the molecule is COc1cccc(CN(C(=O)c2c(-c3ccccc3)cn(C)c2C)c2ccc3c(cnn3C3CCCCO3)c2)c1C. The molecule has 3 aromatic carbocycles. The molecule has 7 nitrogen and oxygen atoms in total. The Bertz CT molecular complexity index is 1700. The molecule has 0 N–H and O–H groups in total. The number of hydrogen-bond donors (Lipinski definition) is 0. The highest BCUT2D eigenvalue weighted by Crippen LogP contribution is 2.34. The third-order valence-electron chi connectivity index (χ3n) is 8.29. The zero-order chi connectivity index (χ0) is 28.5. The number of fused-ring (bicyclic) bond motifs is 1. The van der Waals surface area contributed by atoms with Crippen LogP contribution in [0.25, 0.3) is 22.0 Å². The van der Waals surface area contributed by atoms with Gasteiger partial charge in [0.1, 0.15) is 5.75 Å². The van der Waals surface area contributed by atoms with Gasteiger partial charge in [0.2, 0.25) is 0 Å². The van der Waals surface area contributed by atoms with Crippen molar-refractivity contribution in [3.63, 3.8) is 0 Å². The Labute approximate surface area is 240 Å². The van der Waals surface area contributed by atoms with Gasteiger partial charge < -0.3 is 18.9 Å². The number of carbonyl (C=O) groups is 1. The summed E-state index contributed by atoms with van der Waals surface area (Å²) in [5.74, 6) is 0.756. The minimum Gasteiger partial charge on any atom is -0.496 e. The van der Waals surface area contributed by atoms with Crippen LogP contribution in [0.15, 0.2) is 79.1 Å². The van der Waals surface area contributed by atoms with Crippen molar-refractivity contribution in [2.75, 3.05) is 18.6 Å². The van der Waals surface area contributed by atoms with E-state index in [1.54, 1.807) is 7.11 Å². The summed E-state index contributed by atoms with van der Waals surface area (Å²) >= 11 is 0. The second-order valence-corrected chi connectivity index (χ2v) is 10.8. The van der Waals surface area contributed by atoms with Crippen molar-refractivity contribution >= 4 is 22.5 Å². The van der Waals surface area contributed by atoms with Gasteiger partial charge in [0.15, 0.2) is 6.23 Å². The Morgan fingerprint density at radius 2 is 1.90 bits per heavy atom. The molecule has 0 spiro atoms. The van der Waals surface area contributed by atoms with E-state index in [0.717, 1.165) is 76.2 Å². The van der Waals surface area contributed by atoms with Crippen LogP contribution in [-0.4, -0.2) is 34.0 Å². The quantitative estimate of drug-likeness (QED) is 0.216. The van der Waals surface area contributed by atoms with Gasteiger partial charge >= 0.3 is 0 Å². The lowest BCUT2D eigenvalue weighted by atomic mass is 10.0. The van der Waals surface area contributed by atoms with Crippen molar-refractivity contribution in [1.82, 2.24) is 14.3 Å². The fraction of sp³-hybridized carbons (Fsp3) is 0.294. The molecule has 1 aliphatic rings. The molecular formula is C34H36N4O3. The zero-order valence-electron chi connectivity index (χ0n) is 24.1. The van der Waals surface area contributed by atoms with Gasteiger partial charge in [-0.05, 0) is 74.1 Å². The van der Waals surface area contributed by atoms with Gasteiger partial charge in [-0.25, -0.2) is 4.68 Å². The summed E-state index contributed by atoms with van der Waals surface area (Å²) in [6, 6.07) is 22.2. The number of anilines is 1. The molecule has 5 aromatic rings. The maximum absolute atomic E-state index is 14.7. The molecule has 1 amide bonds. The molecule has 0 radical (unpaired) electrons. The van der Waals surface area contributed by atoms with E-state index in [9.17, 15) is 4.79 Å². The molecule has 1 atom stereocenters. The first-order valence-corrected chi connectivity index (χ1v) is 14.2. The molecule has 41 heavy (non-hydrogen) atoms. The standard InChI is InChI=1S/C34H36N4O3/c1-23-26(13-10-14-31(23)40-4)21-37(34(39)33-24(2)36(3)22-29(33)25-11-6-5-7-12-25)28-16-17-30-27(19-28)20-35-38(30)32-15-8-9-18-41-32/h5-7,10-14,16-17,19-20,22,32H,8-9,15,18,21H2,1-4H3. The number of aryl methyl sites for hydroxylation is 1. The summed E-state index contributed by atoms with van der Waals surface area (Å²) in [4.78, 5) is 16.6. The number of benzene rings is 3. The highest BCUT2D eigenvalue weighted by Gasteiger charge is 2.27. The Hall–Kier alpha value is -4.36. The molecule has 0 saturated carbocycles. The van der Waals surface area contributed by atoms with E-state index in [4.69, 9.17) is 9.47 Å². The van der Waals surface area contributed by atoms with Crippen LogP contribution in [-0.2, 0) is 18.3 Å². The van der Waals surface area contributed by atoms with Crippen molar-refractivity contribution in [3.05, 3.63) is 102 Å². The van der Waals surface area contributed by atoms with Crippen LogP contribution >= 0.6 is 0 Å².